The van der Waals surface area contributed by atoms with Crippen LogP contribution in [0.3, 0.4) is 0 Å². The SMILES string of the molecule is [O-][n+]1onc(-c2ccc(C(F)(F)F)cc2)c1-c1ccc(C(F)(F)F)cc1. The largest absolute Gasteiger partial charge is 0.416 e. The topological polar surface area (TPSA) is 53.0 Å². The van der Waals surface area contributed by atoms with Crippen molar-refractivity contribution >= 4 is 0 Å². The number of hydrogen-bond donors (Lipinski definition) is 0. The Bertz CT molecular complexity index is 912. The molecule has 0 saturated carbocycles. The van der Waals surface area contributed by atoms with Gasteiger partial charge in [0.2, 0.25) is 5.69 Å². The number of rotatable bonds is 2. The molecule has 0 fully saturated rings. The van der Waals surface area contributed by atoms with Crippen LogP contribution in [0.5, 0.6) is 0 Å². The summed E-state index contributed by atoms with van der Waals surface area (Å²) in [5, 5.41) is 15.3. The van der Waals surface area contributed by atoms with E-state index >= 15 is 0 Å². The third-order valence-electron chi connectivity index (χ3n) is 3.58. The fourth-order valence-corrected chi connectivity index (χ4v) is 2.31. The number of hydrogen-bond acceptors (Lipinski definition) is 3. The summed E-state index contributed by atoms with van der Waals surface area (Å²) in [6.45, 7) is 0. The van der Waals surface area contributed by atoms with Gasteiger partial charge in [0.25, 0.3) is 5.69 Å². The van der Waals surface area contributed by atoms with Crippen LogP contribution in [0.2, 0.25) is 0 Å². The summed E-state index contributed by atoms with van der Waals surface area (Å²) in [4.78, 5) is -0.0183. The lowest BCUT2D eigenvalue weighted by molar-refractivity contribution is -0.793. The lowest BCUT2D eigenvalue weighted by atomic mass is 10.0. The van der Waals surface area contributed by atoms with E-state index < -0.39 is 23.5 Å². The molecule has 0 radical (unpaired) electrons. The Labute approximate surface area is 141 Å². The molecule has 1 aromatic heterocycles. The van der Waals surface area contributed by atoms with Gasteiger partial charge >= 0.3 is 12.4 Å². The summed E-state index contributed by atoms with van der Waals surface area (Å²) < 4.78 is 80.2. The molecule has 136 valence electrons. The van der Waals surface area contributed by atoms with Crippen LogP contribution in [-0.2, 0) is 12.4 Å². The molecular weight excluding hydrogens is 366 g/mol. The van der Waals surface area contributed by atoms with E-state index in [0.717, 1.165) is 48.5 Å². The van der Waals surface area contributed by atoms with Gasteiger partial charge in [-0.2, -0.15) is 26.3 Å². The van der Waals surface area contributed by atoms with Crippen LogP contribution in [0.4, 0.5) is 26.3 Å². The second kappa shape index (κ2) is 6.04. The van der Waals surface area contributed by atoms with Gasteiger partial charge in [-0.05, 0) is 53.4 Å². The summed E-state index contributed by atoms with van der Waals surface area (Å²) >= 11 is 0. The normalized spacial score (nSPS) is 12.4. The second-order valence-electron chi connectivity index (χ2n) is 5.28. The number of aromatic nitrogens is 2. The highest BCUT2D eigenvalue weighted by Gasteiger charge is 2.32. The van der Waals surface area contributed by atoms with E-state index in [4.69, 9.17) is 0 Å². The first-order valence-corrected chi connectivity index (χ1v) is 7.02. The maximum atomic E-state index is 12.6. The third-order valence-corrected chi connectivity index (χ3v) is 3.58. The molecule has 0 atom stereocenters. The van der Waals surface area contributed by atoms with Crippen molar-refractivity contribution in [3.63, 3.8) is 0 Å². The van der Waals surface area contributed by atoms with E-state index in [1.807, 2.05) is 0 Å². The maximum Gasteiger partial charge on any atom is 0.416 e. The van der Waals surface area contributed by atoms with Crippen molar-refractivity contribution < 1.29 is 35.9 Å². The number of halogens is 6. The van der Waals surface area contributed by atoms with Crippen molar-refractivity contribution in [1.82, 2.24) is 5.16 Å². The zero-order valence-electron chi connectivity index (χ0n) is 12.6. The first-order valence-electron chi connectivity index (χ1n) is 7.02. The molecular formula is C16H8F6N2O2. The Kier molecular flexibility index (Phi) is 4.13. The molecule has 0 spiro atoms. The molecule has 0 bridgehead atoms. The van der Waals surface area contributed by atoms with Gasteiger partial charge < -0.3 is 5.21 Å². The average Bonchev–Trinajstić information content (AvgIpc) is 2.95. The van der Waals surface area contributed by atoms with E-state index in [2.05, 4.69) is 9.79 Å². The smallest absolute Gasteiger partial charge is 0.359 e. The highest BCUT2D eigenvalue weighted by atomic mass is 19.4. The Balaban J connectivity index is 2.02. The van der Waals surface area contributed by atoms with E-state index in [1.54, 1.807) is 0 Å². The van der Waals surface area contributed by atoms with E-state index in [9.17, 15) is 31.5 Å². The lowest BCUT2D eigenvalue weighted by Gasteiger charge is -2.07. The van der Waals surface area contributed by atoms with Gasteiger partial charge in [-0.3, -0.25) is 4.63 Å². The van der Waals surface area contributed by atoms with Gasteiger partial charge in [0.15, 0.2) is 0 Å². The van der Waals surface area contributed by atoms with Crippen molar-refractivity contribution in [2.45, 2.75) is 12.4 Å². The van der Waals surface area contributed by atoms with Crippen LogP contribution in [0.25, 0.3) is 22.5 Å². The van der Waals surface area contributed by atoms with Crippen LogP contribution in [-0.4, -0.2) is 5.16 Å². The van der Waals surface area contributed by atoms with Gasteiger partial charge in [-0.1, -0.05) is 0 Å². The molecule has 0 aliphatic heterocycles. The summed E-state index contributed by atoms with van der Waals surface area (Å²) in [6, 6.07) is 7.44. The molecule has 26 heavy (non-hydrogen) atoms. The molecule has 4 nitrogen and oxygen atoms in total. The highest BCUT2D eigenvalue weighted by Crippen LogP contribution is 2.34. The zero-order chi connectivity index (χ0) is 19.1. The zero-order valence-corrected chi connectivity index (χ0v) is 12.6. The van der Waals surface area contributed by atoms with Gasteiger partial charge in [-0.25, -0.2) is 0 Å². The molecule has 0 aliphatic carbocycles. The molecule has 0 unspecified atom stereocenters. The number of benzene rings is 2. The summed E-state index contributed by atoms with van der Waals surface area (Å²) in [6.07, 6.45) is -9.08. The van der Waals surface area contributed by atoms with Gasteiger partial charge in [-0.15, -0.1) is 0 Å². The molecule has 10 heteroatoms. The molecule has 3 aromatic rings. The van der Waals surface area contributed by atoms with Crippen LogP contribution in [0.1, 0.15) is 11.1 Å². The standard InChI is InChI=1S/C16H8F6N2O2/c17-15(18,19)11-5-1-9(2-6-11)13-14(24(25)26-23-13)10-3-7-12(8-4-10)16(20,21)22/h1-8H. The van der Waals surface area contributed by atoms with Crippen molar-refractivity contribution in [2.24, 2.45) is 0 Å². The Morgan fingerprint density at radius 2 is 1.15 bits per heavy atom. The van der Waals surface area contributed by atoms with Crippen molar-refractivity contribution in [2.75, 3.05) is 0 Å². The molecule has 0 N–H and O–H groups in total. The van der Waals surface area contributed by atoms with Crippen molar-refractivity contribution in [3.05, 3.63) is 64.9 Å². The predicted octanol–water partition coefficient (Wildman–Crippen LogP) is 4.68. The Morgan fingerprint density at radius 1 is 0.731 bits per heavy atom. The van der Waals surface area contributed by atoms with E-state index in [-0.39, 0.29) is 27.4 Å². The van der Waals surface area contributed by atoms with Gasteiger partial charge in [0.1, 0.15) is 0 Å². The molecule has 2 aromatic carbocycles. The fourth-order valence-electron chi connectivity index (χ4n) is 2.31. The minimum atomic E-state index is -4.54. The van der Waals surface area contributed by atoms with Crippen molar-refractivity contribution in [3.8, 4) is 22.5 Å². The highest BCUT2D eigenvalue weighted by molar-refractivity contribution is 5.75. The predicted molar refractivity (Wildman–Crippen MR) is 76.3 cm³/mol. The van der Waals surface area contributed by atoms with Crippen LogP contribution in [0.15, 0.2) is 53.2 Å². The number of nitrogens with zero attached hydrogens (tertiary/aromatic N) is 2. The Hall–Kier alpha value is -3.04. The van der Waals surface area contributed by atoms with E-state index in [0.29, 0.717) is 0 Å². The first-order chi connectivity index (χ1) is 12.1. The molecule has 1 heterocycles. The molecule has 0 aliphatic rings. The minimum absolute atomic E-state index is 0.0183. The fraction of sp³-hybridized carbons (Fsp3) is 0.125. The minimum Gasteiger partial charge on any atom is -0.359 e. The first kappa shape index (κ1) is 17.8. The lowest BCUT2D eigenvalue weighted by Crippen LogP contribution is -2.25. The van der Waals surface area contributed by atoms with Crippen LogP contribution in [0, 0.1) is 5.21 Å². The number of alkyl halides is 6. The Morgan fingerprint density at radius 3 is 1.58 bits per heavy atom. The molecule has 0 amide bonds. The summed E-state index contributed by atoms with van der Waals surface area (Å²) in [7, 11) is 0. The molecule has 3 rings (SSSR count). The average molecular weight is 374 g/mol. The second-order valence-corrected chi connectivity index (χ2v) is 5.28. The van der Waals surface area contributed by atoms with Crippen molar-refractivity contribution in [1.29, 1.82) is 0 Å². The maximum absolute atomic E-state index is 12.6. The van der Waals surface area contributed by atoms with Gasteiger partial charge in [0, 0.05) is 16.3 Å². The third kappa shape index (κ3) is 3.35. The monoisotopic (exact) mass is 374 g/mol. The summed E-state index contributed by atoms with van der Waals surface area (Å²) in [5.41, 5.74) is -1.88. The summed E-state index contributed by atoms with van der Waals surface area (Å²) in [5.74, 6) is 0. The quantitative estimate of drug-likeness (QED) is 0.484. The van der Waals surface area contributed by atoms with Crippen LogP contribution < -0.4 is 4.90 Å². The van der Waals surface area contributed by atoms with Gasteiger partial charge in [0.05, 0.1) is 11.1 Å². The van der Waals surface area contributed by atoms with Crippen LogP contribution >= 0.6 is 0 Å². The van der Waals surface area contributed by atoms with E-state index in [1.165, 1.54) is 0 Å². The molecule has 0 saturated heterocycles.